The molecule has 0 saturated heterocycles. The van der Waals surface area contributed by atoms with Crippen molar-refractivity contribution in [3.63, 3.8) is 0 Å². The van der Waals surface area contributed by atoms with E-state index in [1.165, 1.54) is 0 Å². The zero-order valence-corrected chi connectivity index (χ0v) is 17.9. The van der Waals surface area contributed by atoms with Crippen LogP contribution < -0.4 is 19.5 Å². The van der Waals surface area contributed by atoms with Gasteiger partial charge in [-0.05, 0) is 35.9 Å². The number of rotatable bonds is 9. The van der Waals surface area contributed by atoms with Crippen molar-refractivity contribution in [2.45, 2.75) is 19.7 Å². The van der Waals surface area contributed by atoms with Crippen LogP contribution in [0.3, 0.4) is 0 Å². The highest BCUT2D eigenvalue weighted by molar-refractivity contribution is 6.35. The van der Waals surface area contributed by atoms with Gasteiger partial charge in [0, 0.05) is 34.3 Å². The van der Waals surface area contributed by atoms with Crippen LogP contribution >= 0.6 is 23.2 Å². The zero-order valence-electron chi connectivity index (χ0n) is 16.4. The number of hydrogen-bond donors (Lipinski definition) is 1. The number of para-hydroxylation sites is 1. The second kappa shape index (κ2) is 10.4. The molecular weight excluding hydrogens is 409 g/mol. The van der Waals surface area contributed by atoms with E-state index >= 15 is 0 Å². The molecule has 0 saturated carbocycles. The lowest BCUT2D eigenvalue weighted by molar-refractivity contribution is 0.284. The Hall–Kier alpha value is -2.40. The summed E-state index contributed by atoms with van der Waals surface area (Å²) in [6.07, 6.45) is 0. The Bertz CT molecular complexity index is 963. The van der Waals surface area contributed by atoms with Gasteiger partial charge in [-0.3, -0.25) is 0 Å². The zero-order chi connectivity index (χ0) is 20.6. The third kappa shape index (κ3) is 5.80. The summed E-state index contributed by atoms with van der Waals surface area (Å²) in [6, 6.07) is 19.2. The van der Waals surface area contributed by atoms with Crippen molar-refractivity contribution in [3.8, 4) is 17.2 Å². The Morgan fingerprint density at radius 3 is 2.31 bits per heavy atom. The molecule has 0 aliphatic carbocycles. The van der Waals surface area contributed by atoms with E-state index < -0.39 is 0 Å². The van der Waals surface area contributed by atoms with Crippen LogP contribution in [0.1, 0.15) is 16.7 Å². The highest BCUT2D eigenvalue weighted by Crippen LogP contribution is 2.30. The first-order chi connectivity index (χ1) is 14.1. The fourth-order valence-corrected chi connectivity index (χ4v) is 3.39. The second-order valence-electron chi connectivity index (χ2n) is 6.43. The lowest BCUT2D eigenvalue weighted by Crippen LogP contribution is -2.13. The van der Waals surface area contributed by atoms with Crippen molar-refractivity contribution in [3.05, 3.63) is 87.4 Å². The molecule has 0 fully saturated rings. The fraction of sp³-hybridized carbons (Fsp3) is 0.217. The maximum atomic E-state index is 6.21. The summed E-state index contributed by atoms with van der Waals surface area (Å²) in [7, 11) is 3.31. The molecule has 0 amide bonds. The van der Waals surface area contributed by atoms with Crippen molar-refractivity contribution in [1.82, 2.24) is 5.32 Å². The van der Waals surface area contributed by atoms with Gasteiger partial charge in [-0.2, -0.15) is 0 Å². The first kappa shape index (κ1) is 21.3. The second-order valence-corrected chi connectivity index (χ2v) is 7.27. The van der Waals surface area contributed by atoms with Crippen LogP contribution in [0.15, 0.2) is 60.7 Å². The lowest BCUT2D eigenvalue weighted by atomic mass is 10.1. The Morgan fingerprint density at radius 2 is 1.55 bits per heavy atom. The van der Waals surface area contributed by atoms with E-state index in [0.717, 1.165) is 22.4 Å². The van der Waals surface area contributed by atoms with Gasteiger partial charge in [-0.1, -0.05) is 53.5 Å². The molecule has 1 N–H and O–H groups in total. The standard InChI is InChI=1S/C23H23Cl2NO3/c1-27-21-6-4-3-5-17(21)14-26-13-16-7-10-22(23(11-16)28-2)29-15-18-8-9-19(24)12-20(18)25/h3-12,26H,13-15H2,1-2H3. The molecule has 0 unspecified atom stereocenters. The molecule has 0 radical (unpaired) electrons. The summed E-state index contributed by atoms with van der Waals surface area (Å²) < 4.78 is 16.8. The van der Waals surface area contributed by atoms with Gasteiger partial charge >= 0.3 is 0 Å². The number of nitrogens with one attached hydrogen (secondary N) is 1. The highest BCUT2D eigenvalue weighted by atomic mass is 35.5. The predicted molar refractivity (Wildman–Crippen MR) is 117 cm³/mol. The molecule has 3 aromatic carbocycles. The molecule has 0 aromatic heterocycles. The van der Waals surface area contributed by atoms with Crippen molar-refractivity contribution >= 4 is 23.2 Å². The molecule has 0 aliphatic heterocycles. The van der Waals surface area contributed by atoms with Crippen LogP contribution in [0.25, 0.3) is 0 Å². The summed E-state index contributed by atoms with van der Waals surface area (Å²) in [5.74, 6) is 2.21. The number of hydrogen-bond acceptors (Lipinski definition) is 4. The minimum absolute atomic E-state index is 0.331. The monoisotopic (exact) mass is 431 g/mol. The summed E-state index contributed by atoms with van der Waals surface area (Å²) in [4.78, 5) is 0. The Kier molecular flexibility index (Phi) is 7.64. The fourth-order valence-electron chi connectivity index (χ4n) is 2.93. The first-order valence-electron chi connectivity index (χ1n) is 9.17. The van der Waals surface area contributed by atoms with Gasteiger partial charge in [0.05, 0.1) is 14.2 Å². The number of ether oxygens (including phenoxy) is 3. The van der Waals surface area contributed by atoms with E-state index in [1.54, 1.807) is 26.4 Å². The molecule has 0 atom stereocenters. The SMILES string of the molecule is COc1ccccc1CNCc1ccc(OCc2ccc(Cl)cc2Cl)c(OC)c1. The largest absolute Gasteiger partial charge is 0.496 e. The van der Waals surface area contributed by atoms with E-state index in [-0.39, 0.29) is 0 Å². The molecule has 29 heavy (non-hydrogen) atoms. The molecule has 0 spiro atoms. The molecular formula is C23H23Cl2NO3. The molecule has 6 heteroatoms. The first-order valence-corrected chi connectivity index (χ1v) is 9.92. The van der Waals surface area contributed by atoms with E-state index in [2.05, 4.69) is 5.32 Å². The van der Waals surface area contributed by atoms with Crippen LogP contribution in [-0.4, -0.2) is 14.2 Å². The Balaban J connectivity index is 1.61. The third-order valence-corrected chi connectivity index (χ3v) is 5.05. The van der Waals surface area contributed by atoms with Gasteiger partial charge in [0.15, 0.2) is 11.5 Å². The molecule has 4 nitrogen and oxygen atoms in total. The van der Waals surface area contributed by atoms with E-state index in [9.17, 15) is 0 Å². The molecule has 0 aliphatic rings. The van der Waals surface area contributed by atoms with Gasteiger partial charge in [0.2, 0.25) is 0 Å². The summed E-state index contributed by atoms with van der Waals surface area (Å²) in [5, 5.41) is 4.60. The van der Waals surface area contributed by atoms with Gasteiger partial charge in [0.25, 0.3) is 0 Å². The molecule has 0 heterocycles. The topological polar surface area (TPSA) is 39.7 Å². The van der Waals surface area contributed by atoms with Crippen LogP contribution in [0.5, 0.6) is 17.2 Å². The van der Waals surface area contributed by atoms with Crippen LogP contribution in [0.2, 0.25) is 10.0 Å². The smallest absolute Gasteiger partial charge is 0.161 e. The van der Waals surface area contributed by atoms with E-state index in [1.807, 2.05) is 48.5 Å². The Morgan fingerprint density at radius 1 is 0.759 bits per heavy atom. The van der Waals surface area contributed by atoms with Crippen LogP contribution in [0, 0.1) is 0 Å². The Labute approximate surface area is 181 Å². The van der Waals surface area contributed by atoms with Gasteiger partial charge < -0.3 is 19.5 Å². The van der Waals surface area contributed by atoms with Crippen molar-refractivity contribution in [2.24, 2.45) is 0 Å². The average Bonchev–Trinajstić information content (AvgIpc) is 2.74. The minimum atomic E-state index is 0.331. The summed E-state index contributed by atoms with van der Waals surface area (Å²) in [6.45, 7) is 1.73. The third-order valence-electron chi connectivity index (χ3n) is 4.46. The summed E-state index contributed by atoms with van der Waals surface area (Å²) in [5.41, 5.74) is 3.07. The number of benzene rings is 3. The summed E-state index contributed by atoms with van der Waals surface area (Å²) >= 11 is 12.1. The van der Waals surface area contributed by atoms with Crippen molar-refractivity contribution in [1.29, 1.82) is 0 Å². The van der Waals surface area contributed by atoms with Gasteiger partial charge in [-0.25, -0.2) is 0 Å². The van der Waals surface area contributed by atoms with Crippen molar-refractivity contribution < 1.29 is 14.2 Å². The quantitative estimate of drug-likeness (QED) is 0.459. The lowest BCUT2D eigenvalue weighted by Gasteiger charge is -2.14. The van der Waals surface area contributed by atoms with Crippen LogP contribution in [0.4, 0.5) is 0 Å². The average molecular weight is 432 g/mol. The molecule has 3 aromatic rings. The minimum Gasteiger partial charge on any atom is -0.496 e. The van der Waals surface area contributed by atoms with Gasteiger partial charge in [0.1, 0.15) is 12.4 Å². The van der Waals surface area contributed by atoms with E-state index in [4.69, 9.17) is 37.4 Å². The molecule has 152 valence electrons. The van der Waals surface area contributed by atoms with Crippen molar-refractivity contribution in [2.75, 3.05) is 14.2 Å². The van der Waals surface area contributed by atoms with Gasteiger partial charge in [-0.15, -0.1) is 0 Å². The maximum absolute atomic E-state index is 6.21. The maximum Gasteiger partial charge on any atom is 0.161 e. The number of halogens is 2. The molecule has 0 bridgehead atoms. The molecule has 3 rings (SSSR count). The normalized spacial score (nSPS) is 10.6. The number of methoxy groups -OCH3 is 2. The van der Waals surface area contributed by atoms with E-state index in [0.29, 0.717) is 41.2 Å². The predicted octanol–water partition coefficient (Wildman–Crippen LogP) is 5.88. The highest BCUT2D eigenvalue weighted by Gasteiger charge is 2.09. The van der Waals surface area contributed by atoms with Crippen LogP contribution in [-0.2, 0) is 19.7 Å².